The average Bonchev–Trinajstić information content (AvgIpc) is 2.65. The minimum Gasteiger partial charge on any atom is -0.497 e. The lowest BCUT2D eigenvalue weighted by molar-refractivity contribution is -0.118. The summed E-state index contributed by atoms with van der Waals surface area (Å²) in [5, 5.41) is 3.74. The van der Waals surface area contributed by atoms with Crippen LogP contribution < -0.4 is 20.3 Å². The van der Waals surface area contributed by atoms with Crippen molar-refractivity contribution in [3.05, 3.63) is 64.4 Å². The topological polar surface area (TPSA) is 80.4 Å². The van der Waals surface area contributed by atoms with Crippen molar-refractivity contribution in [3.8, 4) is 11.5 Å². The summed E-state index contributed by atoms with van der Waals surface area (Å²) in [7, 11) is 1.57. The molecule has 3 aromatic rings. The van der Waals surface area contributed by atoms with Gasteiger partial charge in [0.15, 0.2) is 6.61 Å². The van der Waals surface area contributed by atoms with E-state index in [0.29, 0.717) is 22.7 Å². The minimum absolute atomic E-state index is 0.128. The van der Waals surface area contributed by atoms with E-state index in [2.05, 4.69) is 10.3 Å². The van der Waals surface area contributed by atoms with Gasteiger partial charge in [-0.25, -0.2) is 0 Å². The van der Waals surface area contributed by atoms with Crippen molar-refractivity contribution in [2.75, 3.05) is 19.0 Å². The molecule has 6 heteroatoms. The van der Waals surface area contributed by atoms with Crippen LogP contribution >= 0.6 is 0 Å². The fourth-order valence-electron chi connectivity index (χ4n) is 2.74. The lowest BCUT2D eigenvalue weighted by Gasteiger charge is -2.10. The molecule has 0 fully saturated rings. The van der Waals surface area contributed by atoms with Crippen LogP contribution in [-0.4, -0.2) is 24.6 Å². The number of aromatic amines is 1. The first-order valence-electron chi connectivity index (χ1n) is 8.31. The smallest absolute Gasteiger partial charge is 0.262 e. The molecule has 2 aromatic carbocycles. The lowest BCUT2D eigenvalue weighted by atomic mass is 10.1. The van der Waals surface area contributed by atoms with Crippen LogP contribution in [0.5, 0.6) is 11.5 Å². The highest BCUT2D eigenvalue weighted by Crippen LogP contribution is 2.21. The largest absolute Gasteiger partial charge is 0.497 e. The molecular formula is C20H20N2O4. The van der Waals surface area contributed by atoms with E-state index in [9.17, 15) is 9.59 Å². The molecule has 0 unspecified atom stereocenters. The van der Waals surface area contributed by atoms with E-state index in [1.54, 1.807) is 43.5 Å². The number of fused-ring (bicyclic) bond motifs is 1. The summed E-state index contributed by atoms with van der Waals surface area (Å²) in [6.45, 7) is 1.87. The molecule has 6 nitrogen and oxygen atoms in total. The van der Waals surface area contributed by atoms with Crippen molar-refractivity contribution in [1.29, 1.82) is 0 Å². The van der Waals surface area contributed by atoms with Gasteiger partial charge in [-0.2, -0.15) is 0 Å². The number of aryl methyl sites for hydroxylation is 1. The zero-order valence-corrected chi connectivity index (χ0v) is 14.7. The molecule has 1 heterocycles. The number of carbonyl (C=O) groups excluding carboxylic acids is 1. The van der Waals surface area contributed by atoms with Crippen LogP contribution in [0, 0.1) is 0 Å². The molecule has 0 radical (unpaired) electrons. The highest BCUT2D eigenvalue weighted by molar-refractivity contribution is 5.94. The molecule has 0 spiro atoms. The Morgan fingerprint density at radius 3 is 2.69 bits per heavy atom. The molecule has 0 aliphatic heterocycles. The molecule has 0 saturated heterocycles. The Kier molecular flexibility index (Phi) is 5.22. The van der Waals surface area contributed by atoms with E-state index in [4.69, 9.17) is 9.47 Å². The molecule has 0 atom stereocenters. The third-order valence-corrected chi connectivity index (χ3v) is 4.00. The number of H-pyrrole nitrogens is 1. The summed E-state index contributed by atoms with van der Waals surface area (Å²) >= 11 is 0. The quantitative estimate of drug-likeness (QED) is 0.714. The number of hydrogen-bond acceptors (Lipinski definition) is 4. The fourth-order valence-corrected chi connectivity index (χ4v) is 2.74. The summed E-state index contributed by atoms with van der Waals surface area (Å²) < 4.78 is 10.6. The second-order valence-electron chi connectivity index (χ2n) is 5.79. The summed E-state index contributed by atoms with van der Waals surface area (Å²) in [5.41, 5.74) is 2.11. The van der Waals surface area contributed by atoms with Crippen LogP contribution in [0.1, 0.15) is 12.5 Å². The van der Waals surface area contributed by atoms with Gasteiger partial charge in [0.1, 0.15) is 11.5 Å². The van der Waals surface area contributed by atoms with E-state index in [-0.39, 0.29) is 18.1 Å². The SMILES string of the molecule is CCc1cc(=O)[nH]c2cc(NC(=O)COc3cccc(OC)c3)ccc12. The number of ether oxygens (including phenoxy) is 2. The molecule has 0 aliphatic carbocycles. The number of benzene rings is 2. The van der Waals surface area contributed by atoms with Crippen molar-refractivity contribution in [2.45, 2.75) is 13.3 Å². The van der Waals surface area contributed by atoms with Crippen LogP contribution in [-0.2, 0) is 11.2 Å². The molecule has 0 bridgehead atoms. The van der Waals surface area contributed by atoms with Crippen LogP contribution in [0.4, 0.5) is 5.69 Å². The van der Waals surface area contributed by atoms with Crippen molar-refractivity contribution in [2.24, 2.45) is 0 Å². The Balaban J connectivity index is 1.70. The summed E-state index contributed by atoms with van der Waals surface area (Å²) in [6, 6.07) is 14.1. The second-order valence-corrected chi connectivity index (χ2v) is 5.79. The number of pyridine rings is 1. The van der Waals surface area contributed by atoms with Crippen molar-refractivity contribution < 1.29 is 14.3 Å². The predicted molar refractivity (Wildman–Crippen MR) is 101 cm³/mol. The van der Waals surface area contributed by atoms with Gasteiger partial charge < -0.3 is 19.8 Å². The first kappa shape index (κ1) is 17.5. The van der Waals surface area contributed by atoms with Gasteiger partial charge in [0.25, 0.3) is 5.91 Å². The van der Waals surface area contributed by atoms with Crippen LogP contribution in [0.2, 0.25) is 0 Å². The van der Waals surface area contributed by atoms with E-state index in [1.165, 1.54) is 0 Å². The third-order valence-electron chi connectivity index (χ3n) is 4.00. The number of hydrogen-bond donors (Lipinski definition) is 2. The van der Waals surface area contributed by atoms with Gasteiger partial charge in [-0.05, 0) is 36.2 Å². The Labute approximate surface area is 150 Å². The first-order chi connectivity index (χ1) is 12.6. The summed E-state index contributed by atoms with van der Waals surface area (Å²) in [6.07, 6.45) is 0.764. The van der Waals surface area contributed by atoms with Crippen molar-refractivity contribution >= 4 is 22.5 Å². The summed E-state index contributed by atoms with van der Waals surface area (Å²) in [4.78, 5) is 26.7. The summed E-state index contributed by atoms with van der Waals surface area (Å²) in [5.74, 6) is 0.921. The standard InChI is InChI=1S/C20H20N2O4/c1-3-13-9-19(23)22-18-10-14(7-8-17(13)18)21-20(24)12-26-16-6-4-5-15(11-16)25-2/h4-11H,3,12H2,1-2H3,(H,21,24)(H,22,23). The van der Waals surface area contributed by atoms with Gasteiger partial charge in [0.2, 0.25) is 5.56 Å². The van der Waals surface area contributed by atoms with Gasteiger partial charge in [-0.1, -0.05) is 19.1 Å². The molecule has 0 aliphatic rings. The minimum atomic E-state index is -0.291. The fraction of sp³-hybridized carbons (Fsp3) is 0.200. The Morgan fingerprint density at radius 1 is 1.12 bits per heavy atom. The van der Waals surface area contributed by atoms with Crippen LogP contribution in [0.3, 0.4) is 0 Å². The molecule has 0 saturated carbocycles. The maximum atomic E-state index is 12.1. The zero-order valence-electron chi connectivity index (χ0n) is 14.7. The lowest BCUT2D eigenvalue weighted by Crippen LogP contribution is -2.20. The van der Waals surface area contributed by atoms with Gasteiger partial charge in [-0.3, -0.25) is 9.59 Å². The van der Waals surface area contributed by atoms with E-state index in [0.717, 1.165) is 17.4 Å². The van der Waals surface area contributed by atoms with Crippen LogP contribution in [0.15, 0.2) is 53.3 Å². The molecule has 3 rings (SSSR count). The Bertz CT molecular complexity index is 995. The number of rotatable bonds is 6. The molecule has 1 amide bonds. The molecular weight excluding hydrogens is 332 g/mol. The second kappa shape index (κ2) is 7.74. The highest BCUT2D eigenvalue weighted by Gasteiger charge is 2.07. The number of carbonyl (C=O) groups is 1. The molecule has 134 valence electrons. The van der Waals surface area contributed by atoms with E-state index < -0.39 is 0 Å². The number of methoxy groups -OCH3 is 1. The first-order valence-corrected chi connectivity index (χ1v) is 8.31. The predicted octanol–water partition coefficient (Wildman–Crippen LogP) is 3.12. The van der Waals surface area contributed by atoms with E-state index in [1.807, 2.05) is 19.1 Å². The van der Waals surface area contributed by atoms with Crippen molar-refractivity contribution in [1.82, 2.24) is 4.98 Å². The number of nitrogens with one attached hydrogen (secondary N) is 2. The van der Waals surface area contributed by atoms with Crippen LogP contribution in [0.25, 0.3) is 10.9 Å². The third kappa shape index (κ3) is 4.03. The van der Waals surface area contributed by atoms with Gasteiger partial charge in [-0.15, -0.1) is 0 Å². The van der Waals surface area contributed by atoms with Gasteiger partial charge in [0.05, 0.1) is 12.6 Å². The van der Waals surface area contributed by atoms with E-state index >= 15 is 0 Å². The highest BCUT2D eigenvalue weighted by atomic mass is 16.5. The van der Waals surface area contributed by atoms with Gasteiger partial charge in [0, 0.05) is 23.2 Å². The number of amides is 1. The average molecular weight is 352 g/mol. The molecule has 1 aromatic heterocycles. The molecule has 2 N–H and O–H groups in total. The monoisotopic (exact) mass is 352 g/mol. The zero-order chi connectivity index (χ0) is 18.5. The normalized spacial score (nSPS) is 10.5. The maximum Gasteiger partial charge on any atom is 0.262 e. The number of aromatic nitrogens is 1. The Morgan fingerprint density at radius 2 is 1.92 bits per heavy atom. The Hall–Kier alpha value is -3.28. The number of anilines is 1. The molecule has 26 heavy (non-hydrogen) atoms. The maximum absolute atomic E-state index is 12.1. The van der Waals surface area contributed by atoms with Crippen molar-refractivity contribution in [3.63, 3.8) is 0 Å². The van der Waals surface area contributed by atoms with Gasteiger partial charge >= 0.3 is 0 Å².